The Balaban J connectivity index is 2.12. The molecule has 0 spiro atoms. The number of hydrogen-bond donors (Lipinski definition) is 1. The van der Waals surface area contributed by atoms with Crippen LogP contribution in [-0.4, -0.2) is 17.5 Å². The Hall–Kier alpha value is -0.480. The van der Waals surface area contributed by atoms with Gasteiger partial charge < -0.3 is 4.52 Å². The lowest BCUT2D eigenvalue weighted by Gasteiger charge is -2.01. The van der Waals surface area contributed by atoms with Crippen LogP contribution in [0.3, 0.4) is 0 Å². The van der Waals surface area contributed by atoms with Crippen molar-refractivity contribution in [2.45, 2.75) is 5.37 Å². The molecule has 0 bridgehead atoms. The smallest absolute Gasteiger partial charge is 0.124 e. The van der Waals surface area contributed by atoms with Gasteiger partial charge in [0, 0.05) is 18.4 Å². The molecule has 0 aromatic carbocycles. The van der Waals surface area contributed by atoms with E-state index in [-0.39, 0.29) is 0 Å². The van der Waals surface area contributed by atoms with Crippen molar-refractivity contribution >= 4 is 11.8 Å². The Bertz CT molecular complexity index is 194. The van der Waals surface area contributed by atoms with Gasteiger partial charge in [-0.1, -0.05) is 5.16 Å². The van der Waals surface area contributed by atoms with E-state index >= 15 is 0 Å². The Morgan fingerprint density at radius 1 is 1.80 bits per heavy atom. The van der Waals surface area contributed by atoms with Gasteiger partial charge in [-0.2, -0.15) is 0 Å². The van der Waals surface area contributed by atoms with Crippen molar-refractivity contribution in [1.82, 2.24) is 10.5 Å². The number of nitrogens with zero attached hydrogens (tertiary/aromatic N) is 1. The fraction of sp³-hybridized carbons (Fsp3) is 0.500. The number of rotatable bonds is 1. The van der Waals surface area contributed by atoms with Crippen LogP contribution < -0.4 is 5.32 Å². The second kappa shape index (κ2) is 2.64. The maximum Gasteiger partial charge on any atom is 0.124 e. The van der Waals surface area contributed by atoms with E-state index < -0.39 is 0 Å². The van der Waals surface area contributed by atoms with Gasteiger partial charge >= 0.3 is 0 Å². The molecular formula is C6H8N2OS. The van der Waals surface area contributed by atoms with Crippen molar-refractivity contribution in [2.24, 2.45) is 0 Å². The van der Waals surface area contributed by atoms with Crippen LogP contribution in [0.5, 0.6) is 0 Å². The Morgan fingerprint density at radius 2 is 2.80 bits per heavy atom. The summed E-state index contributed by atoms with van der Waals surface area (Å²) in [6.45, 7) is 1.07. The zero-order chi connectivity index (χ0) is 6.81. The van der Waals surface area contributed by atoms with E-state index in [1.54, 1.807) is 6.26 Å². The molecule has 1 atom stereocenters. The summed E-state index contributed by atoms with van der Waals surface area (Å²) in [6.07, 6.45) is 1.61. The molecule has 1 unspecified atom stereocenters. The summed E-state index contributed by atoms with van der Waals surface area (Å²) in [4.78, 5) is 0. The van der Waals surface area contributed by atoms with Crippen LogP contribution in [0, 0.1) is 0 Å². The highest BCUT2D eigenvalue weighted by Gasteiger charge is 2.18. The molecule has 1 aromatic heterocycles. The van der Waals surface area contributed by atoms with Crippen molar-refractivity contribution in [3.63, 3.8) is 0 Å². The summed E-state index contributed by atoms with van der Waals surface area (Å²) in [5.74, 6) is 1.16. The molecule has 2 heterocycles. The molecule has 0 aliphatic carbocycles. The zero-order valence-electron chi connectivity index (χ0n) is 5.41. The predicted octanol–water partition coefficient (Wildman–Crippen LogP) is 1.01. The van der Waals surface area contributed by atoms with Crippen molar-refractivity contribution in [1.29, 1.82) is 0 Å². The molecule has 0 amide bonds. The highest BCUT2D eigenvalue weighted by Crippen LogP contribution is 2.27. The normalized spacial score (nSPS) is 25.4. The number of hydrogen-bond acceptors (Lipinski definition) is 4. The second-order valence-corrected chi connectivity index (χ2v) is 3.34. The maximum absolute atomic E-state index is 4.72. The molecule has 1 fully saturated rings. The summed E-state index contributed by atoms with van der Waals surface area (Å²) < 4.78 is 4.72. The molecule has 4 heteroatoms. The van der Waals surface area contributed by atoms with Crippen molar-refractivity contribution in [3.8, 4) is 0 Å². The minimum Gasteiger partial charge on any atom is -0.364 e. The van der Waals surface area contributed by atoms with Gasteiger partial charge in [0.05, 0.1) is 5.37 Å². The lowest BCUT2D eigenvalue weighted by atomic mass is 10.4. The molecule has 0 saturated carbocycles. The summed E-state index contributed by atoms with van der Waals surface area (Å²) in [5, 5.41) is 7.50. The Labute approximate surface area is 63.2 Å². The molecule has 1 aliphatic heterocycles. The van der Waals surface area contributed by atoms with Gasteiger partial charge in [0.15, 0.2) is 0 Å². The van der Waals surface area contributed by atoms with Gasteiger partial charge in [0.1, 0.15) is 12.0 Å². The molecule has 2 rings (SSSR count). The van der Waals surface area contributed by atoms with Crippen LogP contribution in [0.1, 0.15) is 11.1 Å². The topological polar surface area (TPSA) is 38.1 Å². The molecule has 54 valence electrons. The van der Waals surface area contributed by atoms with Crippen LogP contribution in [-0.2, 0) is 0 Å². The van der Waals surface area contributed by atoms with Crippen molar-refractivity contribution in [2.75, 3.05) is 12.3 Å². The third kappa shape index (κ3) is 1.04. The van der Waals surface area contributed by atoms with Gasteiger partial charge in [-0.25, -0.2) is 0 Å². The van der Waals surface area contributed by atoms with E-state index in [1.807, 2.05) is 17.8 Å². The molecule has 0 radical (unpaired) electrons. The van der Waals surface area contributed by atoms with E-state index in [4.69, 9.17) is 4.52 Å². The number of aromatic nitrogens is 1. The summed E-state index contributed by atoms with van der Waals surface area (Å²) in [5.41, 5.74) is 1.00. The molecule has 1 N–H and O–H groups in total. The molecule has 1 aliphatic rings. The first kappa shape index (κ1) is 6.24. The average Bonchev–Trinajstić information content (AvgIpc) is 2.59. The van der Waals surface area contributed by atoms with E-state index in [0.717, 1.165) is 18.0 Å². The second-order valence-electron chi connectivity index (χ2n) is 2.13. The van der Waals surface area contributed by atoms with Crippen LogP contribution >= 0.6 is 11.8 Å². The van der Waals surface area contributed by atoms with Crippen molar-refractivity contribution < 1.29 is 4.52 Å². The van der Waals surface area contributed by atoms with Gasteiger partial charge in [-0.05, 0) is 0 Å². The molecule has 1 aromatic rings. The fourth-order valence-electron chi connectivity index (χ4n) is 0.973. The first-order valence-electron chi connectivity index (χ1n) is 3.22. The fourth-order valence-corrected chi connectivity index (χ4v) is 1.97. The van der Waals surface area contributed by atoms with Gasteiger partial charge in [0.2, 0.25) is 0 Å². The van der Waals surface area contributed by atoms with Crippen LogP contribution in [0.4, 0.5) is 0 Å². The lowest BCUT2D eigenvalue weighted by molar-refractivity contribution is 0.409. The minimum absolute atomic E-state index is 0.360. The first-order valence-corrected chi connectivity index (χ1v) is 4.27. The third-order valence-corrected chi connectivity index (χ3v) is 2.62. The van der Waals surface area contributed by atoms with E-state index in [0.29, 0.717) is 5.37 Å². The van der Waals surface area contributed by atoms with Crippen LogP contribution in [0.2, 0.25) is 0 Å². The highest BCUT2D eigenvalue weighted by atomic mass is 32.2. The maximum atomic E-state index is 4.72. The monoisotopic (exact) mass is 156 g/mol. The van der Waals surface area contributed by atoms with Crippen LogP contribution in [0.25, 0.3) is 0 Å². The number of thioether (sulfide) groups is 1. The highest BCUT2D eigenvalue weighted by molar-refractivity contribution is 7.99. The van der Waals surface area contributed by atoms with Gasteiger partial charge in [-0.15, -0.1) is 11.8 Å². The Kier molecular flexibility index (Phi) is 1.65. The first-order chi connectivity index (χ1) is 4.97. The van der Waals surface area contributed by atoms with Gasteiger partial charge in [-0.3, -0.25) is 5.32 Å². The van der Waals surface area contributed by atoms with Gasteiger partial charge in [0.25, 0.3) is 0 Å². The quantitative estimate of drug-likeness (QED) is 0.658. The zero-order valence-corrected chi connectivity index (χ0v) is 6.23. The lowest BCUT2D eigenvalue weighted by Crippen LogP contribution is -2.11. The van der Waals surface area contributed by atoms with E-state index in [2.05, 4.69) is 10.5 Å². The molecule has 1 saturated heterocycles. The molecular weight excluding hydrogens is 148 g/mol. The Morgan fingerprint density at radius 3 is 3.40 bits per heavy atom. The molecule has 10 heavy (non-hydrogen) atoms. The van der Waals surface area contributed by atoms with E-state index in [1.165, 1.54) is 0 Å². The SMILES string of the molecule is c1cc(C2NCCS2)no1. The summed E-state index contributed by atoms with van der Waals surface area (Å²) >= 11 is 1.87. The largest absolute Gasteiger partial charge is 0.364 e. The molecule has 3 nitrogen and oxygen atoms in total. The average molecular weight is 156 g/mol. The minimum atomic E-state index is 0.360. The number of nitrogens with one attached hydrogen (secondary N) is 1. The predicted molar refractivity (Wildman–Crippen MR) is 39.7 cm³/mol. The van der Waals surface area contributed by atoms with Crippen LogP contribution in [0.15, 0.2) is 16.9 Å². The summed E-state index contributed by atoms with van der Waals surface area (Å²) in [6, 6.07) is 1.90. The van der Waals surface area contributed by atoms with Crippen molar-refractivity contribution in [3.05, 3.63) is 18.0 Å². The standard InChI is InChI=1S/C6H8N2OS/c1-3-9-8-5(1)6-7-2-4-10-6/h1,3,6-7H,2,4H2. The third-order valence-electron chi connectivity index (χ3n) is 1.44. The van der Waals surface area contributed by atoms with E-state index in [9.17, 15) is 0 Å². The summed E-state index contributed by atoms with van der Waals surface area (Å²) in [7, 11) is 0.